The molecule has 0 aliphatic carbocycles. The summed E-state index contributed by atoms with van der Waals surface area (Å²) < 4.78 is 0. The molecule has 1 fully saturated rings. The Balaban J connectivity index is 1.54. The zero-order valence-electron chi connectivity index (χ0n) is 14.5. The third-order valence-corrected chi connectivity index (χ3v) is 4.38. The molecule has 1 aliphatic heterocycles. The zero-order chi connectivity index (χ0) is 18.5. The highest BCUT2D eigenvalue weighted by atomic mass is 16.2. The van der Waals surface area contributed by atoms with Gasteiger partial charge >= 0.3 is 11.8 Å². The van der Waals surface area contributed by atoms with Crippen LogP contribution in [0.4, 0.5) is 11.4 Å². The van der Waals surface area contributed by atoms with Crippen LogP contribution >= 0.6 is 0 Å². The van der Waals surface area contributed by atoms with Gasteiger partial charge in [-0.05, 0) is 43.7 Å². The highest BCUT2D eigenvalue weighted by Gasteiger charge is 2.26. The van der Waals surface area contributed by atoms with E-state index in [-0.39, 0.29) is 6.04 Å². The smallest absolute Gasteiger partial charge is 0.313 e. The predicted octanol–water partition coefficient (Wildman–Crippen LogP) is 2.20. The first-order chi connectivity index (χ1) is 12.5. The normalized spacial score (nSPS) is 16.0. The Kier molecular flexibility index (Phi) is 5.18. The first kappa shape index (κ1) is 17.5. The molecule has 6 nitrogen and oxygen atoms in total. The molecule has 2 aromatic rings. The molecule has 2 N–H and O–H groups in total. The Morgan fingerprint density at radius 1 is 1.15 bits per heavy atom. The van der Waals surface area contributed by atoms with Crippen LogP contribution in [0, 0.1) is 18.3 Å². The largest absolute Gasteiger partial charge is 0.369 e. The summed E-state index contributed by atoms with van der Waals surface area (Å²) in [4.78, 5) is 26.4. The molecule has 2 aromatic carbocycles. The molecular formula is C20H20N4O2. The number of nitrogens with one attached hydrogen (secondary N) is 2. The van der Waals surface area contributed by atoms with Crippen LogP contribution in [0.15, 0.2) is 48.5 Å². The van der Waals surface area contributed by atoms with Gasteiger partial charge in [-0.15, -0.1) is 0 Å². The molecule has 0 unspecified atom stereocenters. The van der Waals surface area contributed by atoms with Crippen LogP contribution in [-0.4, -0.2) is 30.9 Å². The molecule has 6 heteroatoms. The van der Waals surface area contributed by atoms with Crippen molar-refractivity contribution in [3.05, 3.63) is 59.7 Å². The minimum atomic E-state index is -0.728. The van der Waals surface area contributed by atoms with E-state index < -0.39 is 11.8 Å². The van der Waals surface area contributed by atoms with Gasteiger partial charge in [0.2, 0.25) is 0 Å². The summed E-state index contributed by atoms with van der Waals surface area (Å²) in [5.41, 5.74) is 3.17. The lowest BCUT2D eigenvalue weighted by molar-refractivity contribution is -0.136. The number of nitrogens with zero attached hydrogens (tertiary/aromatic N) is 2. The van der Waals surface area contributed by atoms with Crippen molar-refractivity contribution in [2.45, 2.75) is 19.4 Å². The maximum atomic E-state index is 12.1. The van der Waals surface area contributed by atoms with Gasteiger partial charge in [0.1, 0.15) is 0 Å². The number of carbonyl (C=O) groups is 2. The molecule has 26 heavy (non-hydrogen) atoms. The lowest BCUT2D eigenvalue weighted by Gasteiger charge is -2.19. The van der Waals surface area contributed by atoms with Gasteiger partial charge in [0.25, 0.3) is 0 Å². The summed E-state index contributed by atoms with van der Waals surface area (Å²) in [6, 6.07) is 16.6. The van der Waals surface area contributed by atoms with Crippen LogP contribution in [0.3, 0.4) is 0 Å². The van der Waals surface area contributed by atoms with E-state index in [0.717, 1.165) is 18.7 Å². The first-order valence-electron chi connectivity index (χ1n) is 8.49. The van der Waals surface area contributed by atoms with Crippen LogP contribution in [0.1, 0.15) is 17.5 Å². The molecule has 1 atom stereocenters. The highest BCUT2D eigenvalue weighted by molar-refractivity contribution is 6.39. The van der Waals surface area contributed by atoms with E-state index in [1.54, 1.807) is 18.2 Å². The number of aryl methyl sites for hydroxylation is 1. The molecule has 1 aliphatic rings. The average molecular weight is 348 g/mol. The highest BCUT2D eigenvalue weighted by Crippen LogP contribution is 2.20. The summed E-state index contributed by atoms with van der Waals surface area (Å²) in [5, 5.41) is 14.2. The number of hydrogen-bond acceptors (Lipinski definition) is 4. The van der Waals surface area contributed by atoms with Crippen LogP contribution in [0.25, 0.3) is 0 Å². The van der Waals surface area contributed by atoms with Crippen molar-refractivity contribution in [1.82, 2.24) is 5.32 Å². The number of anilines is 2. The van der Waals surface area contributed by atoms with E-state index in [2.05, 4.69) is 39.8 Å². The molecule has 1 heterocycles. The number of nitriles is 1. The summed E-state index contributed by atoms with van der Waals surface area (Å²) in [7, 11) is 0. The second-order valence-corrected chi connectivity index (χ2v) is 6.39. The number of hydrogen-bond donors (Lipinski definition) is 2. The fourth-order valence-electron chi connectivity index (χ4n) is 2.97. The maximum Gasteiger partial charge on any atom is 0.313 e. The predicted molar refractivity (Wildman–Crippen MR) is 99.7 cm³/mol. The monoisotopic (exact) mass is 348 g/mol. The van der Waals surface area contributed by atoms with Crippen molar-refractivity contribution in [2.24, 2.45) is 0 Å². The lowest BCUT2D eigenvalue weighted by Crippen LogP contribution is -2.43. The summed E-state index contributed by atoms with van der Waals surface area (Å²) in [5.74, 6) is -1.39. The molecule has 3 rings (SSSR count). The Morgan fingerprint density at radius 2 is 1.92 bits per heavy atom. The second kappa shape index (κ2) is 7.70. The quantitative estimate of drug-likeness (QED) is 0.833. The van der Waals surface area contributed by atoms with Crippen LogP contribution < -0.4 is 15.5 Å². The third-order valence-electron chi connectivity index (χ3n) is 4.38. The van der Waals surface area contributed by atoms with Crippen molar-refractivity contribution in [3.63, 3.8) is 0 Å². The summed E-state index contributed by atoms with van der Waals surface area (Å²) in [6.07, 6.45) is 0.789. The van der Waals surface area contributed by atoms with Gasteiger partial charge in [-0.3, -0.25) is 9.59 Å². The Hall–Kier alpha value is -3.33. The molecule has 0 spiro atoms. The Bertz CT molecular complexity index is 855. The number of carbonyl (C=O) groups excluding carboxylic acids is 2. The van der Waals surface area contributed by atoms with Crippen molar-refractivity contribution < 1.29 is 9.59 Å². The Labute approximate surface area is 152 Å². The van der Waals surface area contributed by atoms with Crippen molar-refractivity contribution in [2.75, 3.05) is 23.3 Å². The average Bonchev–Trinajstić information content (AvgIpc) is 3.11. The Morgan fingerprint density at radius 3 is 2.65 bits per heavy atom. The van der Waals surface area contributed by atoms with E-state index in [0.29, 0.717) is 17.8 Å². The molecule has 132 valence electrons. The van der Waals surface area contributed by atoms with Crippen LogP contribution in [-0.2, 0) is 9.59 Å². The van der Waals surface area contributed by atoms with Gasteiger partial charge in [-0.1, -0.05) is 23.8 Å². The lowest BCUT2D eigenvalue weighted by atomic mass is 10.2. The number of benzene rings is 2. The zero-order valence-corrected chi connectivity index (χ0v) is 14.5. The van der Waals surface area contributed by atoms with Crippen molar-refractivity contribution in [3.8, 4) is 6.07 Å². The van der Waals surface area contributed by atoms with E-state index in [9.17, 15) is 9.59 Å². The minimum absolute atomic E-state index is 0.0694. The molecule has 0 saturated carbocycles. The van der Waals surface area contributed by atoms with Gasteiger partial charge < -0.3 is 15.5 Å². The molecule has 0 bridgehead atoms. The topological polar surface area (TPSA) is 85.2 Å². The summed E-state index contributed by atoms with van der Waals surface area (Å²) in [6.45, 7) is 3.55. The third kappa shape index (κ3) is 4.19. The fourth-order valence-corrected chi connectivity index (χ4v) is 2.97. The standard InChI is InChI=1S/C20H20N4O2/c1-14-5-7-18(8-6-14)24-10-9-17(13-24)23-20(26)19(25)22-16-4-2-3-15(11-16)12-21/h2-8,11,17H,9-10,13H2,1H3,(H,22,25)(H,23,26)/t17-/m1/s1. The molecule has 2 amide bonds. The maximum absolute atomic E-state index is 12.1. The minimum Gasteiger partial charge on any atom is -0.369 e. The van der Waals surface area contributed by atoms with Crippen LogP contribution in [0.2, 0.25) is 0 Å². The molecule has 0 radical (unpaired) electrons. The molecule has 0 aromatic heterocycles. The van der Waals surface area contributed by atoms with E-state index in [1.165, 1.54) is 11.6 Å². The summed E-state index contributed by atoms with van der Waals surface area (Å²) >= 11 is 0. The van der Waals surface area contributed by atoms with Gasteiger partial charge in [0, 0.05) is 30.5 Å². The van der Waals surface area contributed by atoms with E-state index in [1.807, 2.05) is 13.0 Å². The molecular weight excluding hydrogens is 328 g/mol. The van der Waals surface area contributed by atoms with Gasteiger partial charge in [0.15, 0.2) is 0 Å². The van der Waals surface area contributed by atoms with Crippen molar-refractivity contribution in [1.29, 1.82) is 5.26 Å². The van der Waals surface area contributed by atoms with E-state index in [4.69, 9.17) is 5.26 Å². The number of amides is 2. The first-order valence-corrected chi connectivity index (χ1v) is 8.49. The van der Waals surface area contributed by atoms with Gasteiger partial charge in [0.05, 0.1) is 11.6 Å². The van der Waals surface area contributed by atoms with Gasteiger partial charge in [-0.25, -0.2) is 0 Å². The van der Waals surface area contributed by atoms with Crippen LogP contribution in [0.5, 0.6) is 0 Å². The second-order valence-electron chi connectivity index (χ2n) is 6.39. The van der Waals surface area contributed by atoms with E-state index >= 15 is 0 Å². The SMILES string of the molecule is Cc1ccc(N2CC[C@@H](NC(=O)C(=O)Nc3cccc(C#N)c3)C2)cc1. The number of rotatable bonds is 3. The van der Waals surface area contributed by atoms with Crippen molar-refractivity contribution >= 4 is 23.2 Å². The van der Waals surface area contributed by atoms with Gasteiger partial charge in [-0.2, -0.15) is 5.26 Å². The molecule has 1 saturated heterocycles. The fraction of sp³-hybridized carbons (Fsp3) is 0.250.